The Labute approximate surface area is 135 Å². The number of nitrogens with one attached hydrogen (secondary N) is 2. The Kier molecular flexibility index (Phi) is 8.17. The Morgan fingerprint density at radius 1 is 1.32 bits per heavy atom. The van der Waals surface area contributed by atoms with Crippen molar-refractivity contribution in [2.24, 2.45) is 4.99 Å². The molecule has 0 atom stereocenters. The van der Waals surface area contributed by atoms with E-state index < -0.39 is 9.84 Å². The van der Waals surface area contributed by atoms with E-state index in [0.29, 0.717) is 25.0 Å². The maximum absolute atomic E-state index is 11.1. The number of hydrogen-bond donors (Lipinski definition) is 2. The second kappa shape index (κ2) is 9.35. The molecule has 2 N–H and O–H groups in total. The van der Waals surface area contributed by atoms with Crippen LogP contribution >= 0.6 is 0 Å². The first kappa shape index (κ1) is 19.2. The summed E-state index contributed by atoms with van der Waals surface area (Å²) in [5.41, 5.74) is 0. The average Bonchev–Trinajstić information content (AvgIpc) is 2.43. The lowest BCUT2D eigenvalue weighted by molar-refractivity contribution is 0.167. The van der Waals surface area contributed by atoms with Gasteiger partial charge in [-0.2, -0.15) is 0 Å². The van der Waals surface area contributed by atoms with Crippen LogP contribution in [0.4, 0.5) is 0 Å². The number of sulfone groups is 1. The van der Waals surface area contributed by atoms with Crippen LogP contribution in [0.5, 0.6) is 0 Å². The van der Waals surface area contributed by atoms with E-state index in [4.69, 9.17) is 0 Å². The zero-order chi connectivity index (χ0) is 16.6. The van der Waals surface area contributed by atoms with Gasteiger partial charge >= 0.3 is 0 Å². The molecule has 1 aliphatic rings. The van der Waals surface area contributed by atoms with E-state index in [0.717, 1.165) is 38.4 Å². The van der Waals surface area contributed by atoms with E-state index in [2.05, 4.69) is 34.4 Å². The van der Waals surface area contributed by atoms with Gasteiger partial charge in [-0.1, -0.05) is 0 Å². The van der Waals surface area contributed by atoms with Gasteiger partial charge in [-0.3, -0.25) is 4.99 Å². The highest BCUT2D eigenvalue weighted by Crippen LogP contribution is 2.12. The normalized spacial score (nSPS) is 18.7. The first-order valence-corrected chi connectivity index (χ1v) is 10.3. The summed E-state index contributed by atoms with van der Waals surface area (Å²) in [7, 11) is -2.89. The lowest BCUT2D eigenvalue weighted by Gasteiger charge is -2.35. The van der Waals surface area contributed by atoms with Crippen molar-refractivity contribution in [1.82, 2.24) is 15.5 Å². The van der Waals surface area contributed by atoms with Crippen molar-refractivity contribution in [3.8, 4) is 0 Å². The molecule has 0 aromatic rings. The molecule has 0 amide bonds. The lowest BCUT2D eigenvalue weighted by Crippen LogP contribution is -2.49. The van der Waals surface area contributed by atoms with Crippen LogP contribution in [0.2, 0.25) is 0 Å². The number of hydrogen-bond acceptors (Lipinski definition) is 4. The zero-order valence-electron chi connectivity index (χ0n) is 14.4. The number of likely N-dealkylation sites (tertiary alicyclic amines) is 1. The third-order valence-electron chi connectivity index (χ3n) is 3.89. The number of guanidine groups is 1. The molecule has 1 fully saturated rings. The second-order valence-corrected chi connectivity index (χ2v) is 8.55. The molecule has 0 aliphatic carbocycles. The summed E-state index contributed by atoms with van der Waals surface area (Å²) in [5, 5.41) is 6.71. The van der Waals surface area contributed by atoms with Crippen LogP contribution < -0.4 is 10.6 Å². The SMILES string of the molecule is CCNC(=NCCCS(C)(=O)=O)NC1CCN(C(C)C)CC1. The van der Waals surface area contributed by atoms with Gasteiger partial charge in [0.15, 0.2) is 5.96 Å². The van der Waals surface area contributed by atoms with Crippen LogP contribution in [0.15, 0.2) is 4.99 Å². The molecule has 130 valence electrons. The molecule has 0 bridgehead atoms. The maximum atomic E-state index is 11.1. The van der Waals surface area contributed by atoms with Gasteiger partial charge in [0.2, 0.25) is 0 Å². The Morgan fingerprint density at radius 2 is 1.95 bits per heavy atom. The fourth-order valence-electron chi connectivity index (χ4n) is 2.59. The summed E-state index contributed by atoms with van der Waals surface area (Å²) in [6, 6.07) is 1.06. The molecule has 0 aromatic carbocycles. The van der Waals surface area contributed by atoms with Gasteiger partial charge in [-0.05, 0) is 40.0 Å². The van der Waals surface area contributed by atoms with Gasteiger partial charge in [0, 0.05) is 44.5 Å². The van der Waals surface area contributed by atoms with Crippen molar-refractivity contribution in [1.29, 1.82) is 0 Å². The van der Waals surface area contributed by atoms with Crippen LogP contribution in [0.1, 0.15) is 40.0 Å². The van der Waals surface area contributed by atoms with Gasteiger partial charge in [-0.15, -0.1) is 0 Å². The molecule has 0 spiro atoms. The summed E-state index contributed by atoms with van der Waals surface area (Å²) in [6.45, 7) is 10.1. The fourth-order valence-corrected chi connectivity index (χ4v) is 3.24. The molecule has 7 heteroatoms. The third-order valence-corrected chi connectivity index (χ3v) is 4.92. The molecular formula is C15H32N4O2S. The molecule has 1 saturated heterocycles. The van der Waals surface area contributed by atoms with Crippen LogP contribution in [0.3, 0.4) is 0 Å². The molecule has 0 saturated carbocycles. The predicted octanol–water partition coefficient (Wildman–Crippen LogP) is 0.849. The molecule has 0 aromatic heterocycles. The second-order valence-electron chi connectivity index (χ2n) is 6.29. The summed E-state index contributed by atoms with van der Waals surface area (Å²) in [4.78, 5) is 6.98. The standard InChI is InChI=1S/C15H32N4O2S/c1-5-16-15(17-9-6-12-22(4,20)21)18-14-7-10-19(11-8-14)13(2)3/h13-14H,5-12H2,1-4H3,(H2,16,17,18). The summed E-state index contributed by atoms with van der Waals surface area (Å²) >= 11 is 0. The Bertz CT molecular complexity index is 440. The number of rotatable bonds is 7. The van der Waals surface area contributed by atoms with Gasteiger partial charge in [0.25, 0.3) is 0 Å². The van der Waals surface area contributed by atoms with Crippen LogP contribution in [-0.2, 0) is 9.84 Å². The van der Waals surface area contributed by atoms with Crippen molar-refractivity contribution < 1.29 is 8.42 Å². The highest BCUT2D eigenvalue weighted by molar-refractivity contribution is 7.90. The highest BCUT2D eigenvalue weighted by Gasteiger charge is 2.21. The number of piperidine rings is 1. The van der Waals surface area contributed by atoms with Crippen LogP contribution in [0, 0.1) is 0 Å². The zero-order valence-corrected chi connectivity index (χ0v) is 15.2. The van der Waals surface area contributed by atoms with E-state index in [-0.39, 0.29) is 5.75 Å². The third kappa shape index (κ3) is 7.98. The van der Waals surface area contributed by atoms with E-state index >= 15 is 0 Å². The van der Waals surface area contributed by atoms with Crippen molar-refractivity contribution >= 4 is 15.8 Å². The van der Waals surface area contributed by atoms with Gasteiger partial charge in [-0.25, -0.2) is 8.42 Å². The molecule has 22 heavy (non-hydrogen) atoms. The molecule has 1 rings (SSSR count). The Balaban J connectivity index is 2.40. The van der Waals surface area contributed by atoms with Crippen molar-refractivity contribution in [2.45, 2.75) is 52.1 Å². The molecule has 0 radical (unpaired) electrons. The van der Waals surface area contributed by atoms with Crippen molar-refractivity contribution in [2.75, 3.05) is 38.2 Å². The Morgan fingerprint density at radius 3 is 2.45 bits per heavy atom. The summed E-state index contributed by atoms with van der Waals surface area (Å²) in [5.74, 6) is 1.00. The van der Waals surface area contributed by atoms with Crippen molar-refractivity contribution in [3.63, 3.8) is 0 Å². The van der Waals surface area contributed by atoms with E-state index in [1.165, 1.54) is 6.26 Å². The maximum Gasteiger partial charge on any atom is 0.191 e. The predicted molar refractivity (Wildman–Crippen MR) is 93.2 cm³/mol. The van der Waals surface area contributed by atoms with E-state index in [1.807, 2.05) is 6.92 Å². The fraction of sp³-hybridized carbons (Fsp3) is 0.933. The van der Waals surface area contributed by atoms with E-state index in [9.17, 15) is 8.42 Å². The minimum absolute atomic E-state index is 0.197. The monoisotopic (exact) mass is 332 g/mol. The van der Waals surface area contributed by atoms with Gasteiger partial charge < -0.3 is 15.5 Å². The molecular weight excluding hydrogens is 300 g/mol. The molecule has 0 unspecified atom stereocenters. The first-order valence-electron chi connectivity index (χ1n) is 8.28. The minimum atomic E-state index is -2.89. The van der Waals surface area contributed by atoms with Gasteiger partial charge in [0.05, 0.1) is 5.75 Å². The topological polar surface area (TPSA) is 73.8 Å². The number of aliphatic imine (C=N–C) groups is 1. The Hall–Kier alpha value is -0.820. The largest absolute Gasteiger partial charge is 0.357 e. The smallest absolute Gasteiger partial charge is 0.191 e. The molecule has 1 heterocycles. The van der Waals surface area contributed by atoms with Crippen LogP contribution in [-0.4, -0.2) is 69.5 Å². The number of nitrogens with zero attached hydrogens (tertiary/aromatic N) is 2. The average molecular weight is 333 g/mol. The van der Waals surface area contributed by atoms with Crippen LogP contribution in [0.25, 0.3) is 0 Å². The summed E-state index contributed by atoms with van der Waals surface area (Å²) in [6.07, 6.45) is 4.07. The first-order chi connectivity index (χ1) is 10.3. The van der Waals surface area contributed by atoms with Crippen molar-refractivity contribution in [3.05, 3.63) is 0 Å². The molecule has 6 nitrogen and oxygen atoms in total. The summed E-state index contributed by atoms with van der Waals surface area (Å²) < 4.78 is 22.2. The minimum Gasteiger partial charge on any atom is -0.357 e. The van der Waals surface area contributed by atoms with Gasteiger partial charge in [0.1, 0.15) is 9.84 Å². The quantitative estimate of drug-likeness (QED) is 0.411. The highest BCUT2D eigenvalue weighted by atomic mass is 32.2. The molecule has 1 aliphatic heterocycles. The van der Waals surface area contributed by atoms with E-state index in [1.54, 1.807) is 0 Å². The lowest BCUT2D eigenvalue weighted by atomic mass is 10.0.